The van der Waals surface area contributed by atoms with Crippen molar-refractivity contribution < 1.29 is 9.72 Å². The molecular formula is C9H8ClNO3. The number of nitro benzene ring substituents is 1. The van der Waals surface area contributed by atoms with Crippen LogP contribution in [0.5, 0.6) is 0 Å². The predicted octanol–water partition coefficient (Wildman–Crippen LogP) is 2.46. The Morgan fingerprint density at radius 2 is 2.07 bits per heavy atom. The number of benzene rings is 1. The van der Waals surface area contributed by atoms with Gasteiger partial charge in [0.25, 0.3) is 5.69 Å². The van der Waals surface area contributed by atoms with Crippen LogP contribution in [0, 0.1) is 10.1 Å². The van der Waals surface area contributed by atoms with Crippen molar-refractivity contribution in [1.29, 1.82) is 0 Å². The Morgan fingerprint density at radius 3 is 2.57 bits per heavy atom. The second kappa shape index (κ2) is 4.19. The molecular weight excluding hydrogens is 206 g/mol. The highest BCUT2D eigenvalue weighted by Gasteiger charge is 2.21. The molecule has 14 heavy (non-hydrogen) atoms. The Morgan fingerprint density at radius 1 is 1.50 bits per heavy atom. The molecule has 74 valence electrons. The van der Waals surface area contributed by atoms with E-state index in [0.29, 0.717) is 5.56 Å². The molecule has 1 atom stereocenters. The fraction of sp³-hybridized carbons (Fsp3) is 0.222. The molecule has 0 saturated carbocycles. The van der Waals surface area contributed by atoms with Crippen LogP contribution in [0.15, 0.2) is 24.3 Å². The molecule has 1 aromatic rings. The van der Waals surface area contributed by atoms with Gasteiger partial charge in [-0.25, -0.2) is 0 Å². The minimum absolute atomic E-state index is 0.0750. The van der Waals surface area contributed by atoms with Gasteiger partial charge in [-0.05, 0) is 18.5 Å². The van der Waals surface area contributed by atoms with Crippen LogP contribution in [0.25, 0.3) is 0 Å². The summed E-state index contributed by atoms with van der Waals surface area (Å²) < 4.78 is 0. The maximum atomic E-state index is 10.9. The zero-order valence-corrected chi connectivity index (χ0v) is 8.19. The number of hydrogen-bond donors (Lipinski definition) is 0. The minimum atomic E-state index is -0.654. The Bertz CT molecular complexity index is 378. The molecule has 1 aromatic carbocycles. The number of hydrogen-bond acceptors (Lipinski definition) is 3. The van der Waals surface area contributed by atoms with E-state index < -0.39 is 16.1 Å². The van der Waals surface area contributed by atoms with Crippen LogP contribution in [0.2, 0.25) is 0 Å². The van der Waals surface area contributed by atoms with Gasteiger partial charge >= 0.3 is 0 Å². The van der Waals surface area contributed by atoms with Gasteiger partial charge in [-0.2, -0.15) is 0 Å². The predicted molar refractivity (Wildman–Crippen MR) is 52.4 cm³/mol. The number of para-hydroxylation sites is 1. The molecule has 1 rings (SSSR count). The van der Waals surface area contributed by atoms with E-state index in [1.54, 1.807) is 12.1 Å². The first-order valence-corrected chi connectivity index (χ1v) is 4.34. The lowest BCUT2D eigenvalue weighted by molar-refractivity contribution is -0.385. The number of nitrogens with zero attached hydrogens (tertiary/aromatic N) is 1. The van der Waals surface area contributed by atoms with Crippen molar-refractivity contribution in [3.8, 4) is 0 Å². The molecule has 0 aliphatic heterocycles. The van der Waals surface area contributed by atoms with Gasteiger partial charge in [-0.3, -0.25) is 14.9 Å². The number of carbonyl (C=O) groups is 1. The monoisotopic (exact) mass is 213 g/mol. The summed E-state index contributed by atoms with van der Waals surface area (Å²) in [7, 11) is 0. The van der Waals surface area contributed by atoms with Gasteiger partial charge in [0.2, 0.25) is 5.24 Å². The molecule has 5 heteroatoms. The molecule has 0 radical (unpaired) electrons. The van der Waals surface area contributed by atoms with Crippen molar-refractivity contribution >= 4 is 22.5 Å². The van der Waals surface area contributed by atoms with E-state index in [1.165, 1.54) is 19.1 Å². The van der Waals surface area contributed by atoms with Crippen molar-refractivity contribution in [3.63, 3.8) is 0 Å². The average molecular weight is 214 g/mol. The quantitative estimate of drug-likeness (QED) is 0.440. The summed E-state index contributed by atoms with van der Waals surface area (Å²) in [5.41, 5.74) is 0.270. The van der Waals surface area contributed by atoms with Crippen LogP contribution in [-0.2, 0) is 4.79 Å². The summed E-state index contributed by atoms with van der Waals surface area (Å²) in [4.78, 5) is 20.9. The normalized spacial score (nSPS) is 12.1. The van der Waals surface area contributed by atoms with Crippen LogP contribution in [0.1, 0.15) is 18.4 Å². The molecule has 0 heterocycles. The summed E-state index contributed by atoms with van der Waals surface area (Å²) in [5, 5.41) is 10.0. The van der Waals surface area contributed by atoms with E-state index in [4.69, 9.17) is 11.6 Å². The van der Waals surface area contributed by atoms with E-state index >= 15 is 0 Å². The standard InChI is InChI=1S/C9H8ClNO3/c1-6(9(10)12)7-4-2-3-5-8(7)11(13)14/h2-6H,1H3. The summed E-state index contributed by atoms with van der Waals surface area (Å²) in [6.07, 6.45) is 0. The minimum Gasteiger partial charge on any atom is -0.281 e. The van der Waals surface area contributed by atoms with Crippen LogP contribution in [0.3, 0.4) is 0 Å². The third-order valence-electron chi connectivity index (χ3n) is 1.94. The molecule has 1 unspecified atom stereocenters. The highest BCUT2D eigenvalue weighted by molar-refractivity contribution is 6.64. The van der Waals surface area contributed by atoms with E-state index in [-0.39, 0.29) is 5.69 Å². The van der Waals surface area contributed by atoms with Crippen molar-refractivity contribution in [2.24, 2.45) is 0 Å². The second-order valence-corrected chi connectivity index (χ2v) is 3.21. The Kier molecular flexibility index (Phi) is 3.19. The van der Waals surface area contributed by atoms with Crippen molar-refractivity contribution in [1.82, 2.24) is 0 Å². The Hall–Kier alpha value is -1.42. The topological polar surface area (TPSA) is 60.2 Å². The lowest BCUT2D eigenvalue weighted by Crippen LogP contribution is -2.05. The van der Waals surface area contributed by atoms with Crippen LogP contribution >= 0.6 is 11.6 Å². The summed E-state index contributed by atoms with van der Waals surface area (Å²) in [6.45, 7) is 1.54. The highest BCUT2D eigenvalue weighted by atomic mass is 35.5. The largest absolute Gasteiger partial charge is 0.281 e. The number of carbonyl (C=O) groups excluding carboxylic acids is 1. The summed E-state index contributed by atoms with van der Waals surface area (Å²) in [6, 6.07) is 6.07. The van der Waals surface area contributed by atoms with Crippen LogP contribution in [-0.4, -0.2) is 10.2 Å². The molecule has 0 spiro atoms. The maximum absolute atomic E-state index is 10.9. The number of rotatable bonds is 3. The van der Waals surface area contributed by atoms with Gasteiger partial charge in [0.15, 0.2) is 0 Å². The maximum Gasteiger partial charge on any atom is 0.273 e. The molecule has 0 aliphatic carbocycles. The first-order chi connectivity index (χ1) is 6.54. The summed E-state index contributed by atoms with van der Waals surface area (Å²) >= 11 is 5.28. The van der Waals surface area contributed by atoms with Gasteiger partial charge in [-0.1, -0.05) is 18.2 Å². The molecule has 0 bridgehead atoms. The van der Waals surface area contributed by atoms with Crippen LogP contribution in [0.4, 0.5) is 5.69 Å². The van der Waals surface area contributed by atoms with E-state index in [0.717, 1.165) is 0 Å². The lowest BCUT2D eigenvalue weighted by Gasteiger charge is -2.06. The fourth-order valence-corrected chi connectivity index (χ4v) is 1.26. The van der Waals surface area contributed by atoms with Crippen molar-refractivity contribution in [2.45, 2.75) is 12.8 Å². The molecule has 0 aromatic heterocycles. The van der Waals surface area contributed by atoms with E-state index in [9.17, 15) is 14.9 Å². The third kappa shape index (κ3) is 2.09. The van der Waals surface area contributed by atoms with Gasteiger partial charge in [-0.15, -0.1) is 0 Å². The molecule has 0 N–H and O–H groups in total. The molecule has 0 aliphatic rings. The number of halogens is 1. The smallest absolute Gasteiger partial charge is 0.273 e. The lowest BCUT2D eigenvalue weighted by atomic mass is 10.0. The highest BCUT2D eigenvalue weighted by Crippen LogP contribution is 2.27. The molecule has 4 nitrogen and oxygen atoms in total. The van der Waals surface area contributed by atoms with Crippen molar-refractivity contribution in [3.05, 3.63) is 39.9 Å². The Labute approximate surface area is 85.6 Å². The van der Waals surface area contributed by atoms with Gasteiger partial charge < -0.3 is 0 Å². The first kappa shape index (κ1) is 10.7. The molecule has 0 amide bonds. The Balaban J connectivity index is 3.19. The van der Waals surface area contributed by atoms with Gasteiger partial charge in [0.1, 0.15) is 0 Å². The zero-order valence-electron chi connectivity index (χ0n) is 7.44. The third-order valence-corrected chi connectivity index (χ3v) is 2.27. The first-order valence-electron chi connectivity index (χ1n) is 3.96. The average Bonchev–Trinajstić information content (AvgIpc) is 2.16. The van der Waals surface area contributed by atoms with Gasteiger partial charge in [0, 0.05) is 11.6 Å². The zero-order chi connectivity index (χ0) is 10.7. The number of nitro groups is 1. The molecule has 0 fully saturated rings. The second-order valence-electron chi connectivity index (χ2n) is 2.84. The fourth-order valence-electron chi connectivity index (χ4n) is 1.14. The SMILES string of the molecule is CC(C(=O)Cl)c1ccccc1[N+](=O)[O-]. The van der Waals surface area contributed by atoms with E-state index in [1.807, 2.05) is 0 Å². The molecule has 0 saturated heterocycles. The summed E-state index contributed by atoms with van der Waals surface area (Å²) in [5.74, 6) is -0.654. The van der Waals surface area contributed by atoms with Crippen LogP contribution < -0.4 is 0 Å². The van der Waals surface area contributed by atoms with Crippen molar-refractivity contribution in [2.75, 3.05) is 0 Å². The van der Waals surface area contributed by atoms with E-state index in [2.05, 4.69) is 0 Å². The van der Waals surface area contributed by atoms with Gasteiger partial charge in [0.05, 0.1) is 10.8 Å².